The summed E-state index contributed by atoms with van der Waals surface area (Å²) in [6, 6.07) is 3.43. The minimum absolute atomic E-state index is 0.0394. The number of carbonyl (C=O) groups excluding carboxylic acids is 1. The first-order valence-corrected chi connectivity index (χ1v) is 11.9. The van der Waals surface area contributed by atoms with E-state index >= 15 is 0 Å². The normalized spacial score (nSPS) is 21.0. The monoisotopic (exact) mass is 460 g/mol. The Morgan fingerprint density at radius 3 is 2.50 bits per heavy atom. The van der Waals surface area contributed by atoms with Crippen molar-refractivity contribution in [2.75, 3.05) is 27.4 Å². The lowest BCUT2D eigenvalue weighted by atomic mass is 9.94. The molecule has 1 saturated carbocycles. The SMILES string of the molecule is COc1cc(OC[C@H](O)CO)cc(OC)c1CCC(=O)c1sc(C)c2c1C[C@@H]1[C@H]2C1(C)C. The first kappa shape index (κ1) is 23.1. The molecule has 1 aromatic carbocycles. The van der Waals surface area contributed by atoms with E-state index in [4.69, 9.17) is 19.3 Å². The summed E-state index contributed by atoms with van der Waals surface area (Å²) in [5, 5.41) is 18.5. The number of Topliss-reactive ketones (excluding diaryl/α,β-unsaturated/α-hetero) is 1. The number of ether oxygens (including phenoxy) is 3. The number of ketones is 1. The molecule has 6 nitrogen and oxygen atoms in total. The van der Waals surface area contributed by atoms with Crippen molar-refractivity contribution in [3.05, 3.63) is 38.6 Å². The second-order valence-corrected chi connectivity index (χ2v) is 10.6. The number of aryl methyl sites for hydroxylation is 1. The third kappa shape index (κ3) is 3.91. The fourth-order valence-corrected chi connectivity index (χ4v) is 6.44. The van der Waals surface area contributed by atoms with E-state index in [0.717, 1.165) is 16.9 Å². The van der Waals surface area contributed by atoms with Gasteiger partial charge in [-0.1, -0.05) is 13.8 Å². The Labute approximate surface area is 193 Å². The van der Waals surface area contributed by atoms with E-state index in [2.05, 4.69) is 20.8 Å². The molecule has 2 N–H and O–H groups in total. The van der Waals surface area contributed by atoms with E-state index in [0.29, 0.717) is 47.3 Å². The van der Waals surface area contributed by atoms with Crippen molar-refractivity contribution in [1.29, 1.82) is 0 Å². The molecule has 7 heteroatoms. The molecule has 0 spiro atoms. The molecule has 4 rings (SSSR count). The maximum atomic E-state index is 13.2. The molecule has 2 aliphatic carbocycles. The molecule has 32 heavy (non-hydrogen) atoms. The lowest BCUT2D eigenvalue weighted by molar-refractivity contribution is 0.0534. The summed E-state index contributed by atoms with van der Waals surface area (Å²) >= 11 is 1.65. The molecule has 3 atom stereocenters. The summed E-state index contributed by atoms with van der Waals surface area (Å²) in [5.74, 6) is 3.09. The van der Waals surface area contributed by atoms with Crippen LogP contribution in [0.2, 0.25) is 0 Å². The summed E-state index contributed by atoms with van der Waals surface area (Å²) < 4.78 is 16.6. The molecular formula is C25H32O6S. The summed E-state index contributed by atoms with van der Waals surface area (Å²) in [5.41, 5.74) is 3.91. The van der Waals surface area contributed by atoms with Crippen molar-refractivity contribution in [3.8, 4) is 17.2 Å². The minimum atomic E-state index is -0.961. The Balaban J connectivity index is 1.50. The Kier molecular flexibility index (Phi) is 6.27. The molecule has 2 aromatic rings. The first-order valence-electron chi connectivity index (χ1n) is 11.0. The van der Waals surface area contributed by atoms with Crippen molar-refractivity contribution >= 4 is 17.1 Å². The average Bonchev–Trinajstić information content (AvgIpc) is 3.10. The van der Waals surface area contributed by atoms with E-state index in [1.807, 2.05) is 0 Å². The van der Waals surface area contributed by atoms with Gasteiger partial charge in [0.15, 0.2) is 5.78 Å². The van der Waals surface area contributed by atoms with Crippen LogP contribution in [0.3, 0.4) is 0 Å². The van der Waals surface area contributed by atoms with Gasteiger partial charge in [-0.05, 0) is 48.1 Å². The van der Waals surface area contributed by atoms with Gasteiger partial charge in [0.05, 0.1) is 25.7 Å². The van der Waals surface area contributed by atoms with Crippen molar-refractivity contribution in [3.63, 3.8) is 0 Å². The van der Waals surface area contributed by atoms with E-state index in [-0.39, 0.29) is 19.0 Å². The van der Waals surface area contributed by atoms with Gasteiger partial charge >= 0.3 is 0 Å². The van der Waals surface area contributed by atoms with Gasteiger partial charge in [-0.3, -0.25) is 4.79 Å². The fourth-order valence-electron chi connectivity index (χ4n) is 5.24. The Morgan fingerprint density at radius 1 is 1.25 bits per heavy atom. The van der Waals surface area contributed by atoms with Gasteiger partial charge in [-0.25, -0.2) is 0 Å². The second kappa shape index (κ2) is 8.69. The first-order chi connectivity index (χ1) is 15.2. The van der Waals surface area contributed by atoms with Gasteiger partial charge in [0.1, 0.15) is 30.0 Å². The topological polar surface area (TPSA) is 85.2 Å². The lowest BCUT2D eigenvalue weighted by Crippen LogP contribution is -2.21. The van der Waals surface area contributed by atoms with Gasteiger partial charge in [0, 0.05) is 29.0 Å². The maximum Gasteiger partial charge on any atom is 0.173 e. The molecular weight excluding hydrogens is 428 g/mol. The predicted molar refractivity (Wildman–Crippen MR) is 124 cm³/mol. The zero-order valence-electron chi connectivity index (χ0n) is 19.4. The highest BCUT2D eigenvalue weighted by Crippen LogP contribution is 2.71. The molecule has 1 fully saturated rings. The highest BCUT2D eigenvalue weighted by Gasteiger charge is 2.63. The third-order valence-corrected chi connectivity index (χ3v) is 8.31. The number of fused-ring (bicyclic) bond motifs is 3. The van der Waals surface area contributed by atoms with Crippen LogP contribution in [0, 0.1) is 18.3 Å². The van der Waals surface area contributed by atoms with Crippen LogP contribution in [0.5, 0.6) is 17.2 Å². The molecule has 0 saturated heterocycles. The summed E-state index contributed by atoms with van der Waals surface area (Å²) in [6.45, 7) is 6.40. The van der Waals surface area contributed by atoms with Crippen LogP contribution in [-0.2, 0) is 12.8 Å². The number of methoxy groups -OCH3 is 2. The number of aliphatic hydroxyl groups is 2. The number of aliphatic hydroxyl groups excluding tert-OH is 2. The van der Waals surface area contributed by atoms with Crippen LogP contribution in [0.1, 0.15) is 57.4 Å². The highest BCUT2D eigenvalue weighted by molar-refractivity contribution is 7.14. The Bertz CT molecular complexity index is 999. The van der Waals surface area contributed by atoms with E-state index < -0.39 is 6.10 Å². The van der Waals surface area contributed by atoms with Crippen molar-refractivity contribution < 1.29 is 29.2 Å². The van der Waals surface area contributed by atoms with Crippen molar-refractivity contribution in [2.24, 2.45) is 11.3 Å². The average molecular weight is 461 g/mol. The molecule has 0 radical (unpaired) electrons. The lowest BCUT2D eigenvalue weighted by Gasteiger charge is -2.17. The van der Waals surface area contributed by atoms with Gasteiger partial charge in [0.25, 0.3) is 0 Å². The fraction of sp³-hybridized carbons (Fsp3) is 0.560. The number of hydrogen-bond donors (Lipinski definition) is 2. The van der Waals surface area contributed by atoms with Crippen LogP contribution < -0.4 is 14.2 Å². The number of carbonyl (C=O) groups is 1. The second-order valence-electron chi connectivity index (χ2n) is 9.37. The van der Waals surface area contributed by atoms with Gasteiger partial charge in [0.2, 0.25) is 0 Å². The van der Waals surface area contributed by atoms with E-state index in [1.165, 1.54) is 16.0 Å². The highest BCUT2D eigenvalue weighted by atomic mass is 32.1. The third-order valence-electron chi connectivity index (χ3n) is 7.11. The minimum Gasteiger partial charge on any atom is -0.496 e. The molecule has 1 heterocycles. The van der Waals surface area contributed by atoms with Gasteiger partial charge in [-0.2, -0.15) is 0 Å². The standard InChI is InChI=1S/C25H32O6S/c1-13-22-17(10-18-23(22)25(18,2)3)24(32-13)19(28)7-6-16-20(29-4)8-15(9-21(16)30-5)31-12-14(27)11-26/h8-9,14,18,23,26-27H,6-7,10-12H2,1-5H3/t14-,18-,23-/m1/s1. The van der Waals surface area contributed by atoms with Crippen molar-refractivity contribution in [1.82, 2.24) is 0 Å². The molecule has 0 unspecified atom stereocenters. The van der Waals surface area contributed by atoms with E-state index in [9.17, 15) is 9.90 Å². The zero-order valence-corrected chi connectivity index (χ0v) is 20.2. The predicted octanol–water partition coefficient (Wildman–Crippen LogP) is 3.92. The summed E-state index contributed by atoms with van der Waals surface area (Å²) in [4.78, 5) is 15.4. The molecule has 2 aliphatic rings. The quantitative estimate of drug-likeness (QED) is 0.523. The summed E-state index contributed by atoms with van der Waals surface area (Å²) in [7, 11) is 3.13. The zero-order chi connectivity index (χ0) is 23.2. The largest absolute Gasteiger partial charge is 0.496 e. The number of thiophene rings is 1. The van der Waals surface area contributed by atoms with Crippen LogP contribution in [-0.4, -0.2) is 49.5 Å². The van der Waals surface area contributed by atoms with Crippen LogP contribution in [0.15, 0.2) is 12.1 Å². The molecule has 0 amide bonds. The number of rotatable bonds is 10. The number of benzene rings is 1. The Hall–Kier alpha value is -2.09. The molecule has 0 aliphatic heterocycles. The maximum absolute atomic E-state index is 13.2. The smallest absolute Gasteiger partial charge is 0.173 e. The van der Waals surface area contributed by atoms with Gasteiger partial charge in [-0.15, -0.1) is 11.3 Å². The molecule has 0 bridgehead atoms. The van der Waals surface area contributed by atoms with Crippen LogP contribution >= 0.6 is 11.3 Å². The van der Waals surface area contributed by atoms with Crippen LogP contribution in [0.4, 0.5) is 0 Å². The Morgan fingerprint density at radius 2 is 1.91 bits per heavy atom. The number of hydrogen-bond acceptors (Lipinski definition) is 7. The molecule has 1 aromatic heterocycles. The summed E-state index contributed by atoms with van der Waals surface area (Å²) in [6.07, 6.45) is 0.934. The van der Waals surface area contributed by atoms with E-state index in [1.54, 1.807) is 37.7 Å². The van der Waals surface area contributed by atoms with Gasteiger partial charge < -0.3 is 24.4 Å². The molecule has 174 valence electrons. The van der Waals surface area contributed by atoms with Crippen molar-refractivity contribution in [2.45, 2.75) is 52.1 Å². The van der Waals surface area contributed by atoms with Crippen LogP contribution in [0.25, 0.3) is 0 Å².